The molecule has 12 heteroatoms. The summed E-state index contributed by atoms with van der Waals surface area (Å²) in [5.74, 6) is -3.24. The molecule has 1 saturated heterocycles. The highest BCUT2D eigenvalue weighted by atomic mass is 16.7. The maximum Gasteiger partial charge on any atom is 0.335 e. The van der Waals surface area contributed by atoms with Gasteiger partial charge in [0.2, 0.25) is 0 Å². The highest BCUT2D eigenvalue weighted by Gasteiger charge is 2.50. The van der Waals surface area contributed by atoms with Crippen LogP contribution < -0.4 is 0 Å². The molecular formula is C61H96O12. The molecule has 0 bridgehead atoms. The summed E-state index contributed by atoms with van der Waals surface area (Å²) in [6.07, 6.45) is 52.1. The Bertz CT molecular complexity index is 1690. The Labute approximate surface area is 440 Å². The average molecular weight is 1020 g/mol. The number of carbonyl (C=O) groups is 4. The number of unbranched alkanes of at least 4 members (excludes halogenated alkanes) is 13. The molecule has 1 heterocycles. The van der Waals surface area contributed by atoms with Crippen molar-refractivity contribution in [3.8, 4) is 0 Å². The smallest absolute Gasteiger partial charge is 0.335 e. The standard InChI is InChI=1S/C61H96O12/c1-4-7-10-13-16-19-22-24-26-27-29-30-33-35-38-41-44-47-53(62)69-50-52(71-54(63)48-45-42-39-36-32-21-18-15-12-9-6-3)51-70-61-59(57(66)56(65)58(73-61)60(67)68)72-55(64)49-46-43-40-37-34-31-28-25-23-20-17-14-11-8-5-2/h7-8,10-11,15-20,24-26,28-30,34,37,52,56-59,61,65-66H,4-6,9,12-14,21-23,27,31-33,35-36,38-51H2,1-3H3,(H,67,68)/b10-7-,11-8-,18-15-,19-16-,20-17-,26-24-,28-25-,30-29-,37-34-. The van der Waals surface area contributed by atoms with E-state index in [4.69, 9.17) is 23.7 Å². The summed E-state index contributed by atoms with van der Waals surface area (Å²) in [6, 6.07) is 0. The first-order valence-electron chi connectivity index (χ1n) is 27.9. The van der Waals surface area contributed by atoms with Crippen LogP contribution in [-0.2, 0) is 42.9 Å². The molecule has 0 aromatic rings. The van der Waals surface area contributed by atoms with E-state index < -0.39 is 67.3 Å². The second-order valence-electron chi connectivity index (χ2n) is 18.4. The van der Waals surface area contributed by atoms with Crippen LogP contribution in [0.5, 0.6) is 0 Å². The van der Waals surface area contributed by atoms with Crippen LogP contribution in [0.25, 0.3) is 0 Å². The van der Waals surface area contributed by atoms with E-state index in [-0.39, 0.29) is 25.9 Å². The fourth-order valence-electron chi connectivity index (χ4n) is 7.56. The van der Waals surface area contributed by atoms with E-state index >= 15 is 0 Å². The van der Waals surface area contributed by atoms with Gasteiger partial charge in [-0.15, -0.1) is 0 Å². The molecule has 0 aromatic heterocycles. The Morgan fingerprint density at radius 2 is 0.863 bits per heavy atom. The summed E-state index contributed by atoms with van der Waals surface area (Å²) in [5.41, 5.74) is 0. The van der Waals surface area contributed by atoms with Gasteiger partial charge in [0.15, 0.2) is 24.6 Å². The van der Waals surface area contributed by atoms with Gasteiger partial charge in [-0.25, -0.2) is 4.79 Å². The van der Waals surface area contributed by atoms with Gasteiger partial charge in [-0.05, 0) is 116 Å². The number of carboxylic acid groups (broad SMARTS) is 1. The molecule has 73 heavy (non-hydrogen) atoms. The van der Waals surface area contributed by atoms with E-state index in [2.05, 4.69) is 130 Å². The first-order chi connectivity index (χ1) is 35.6. The van der Waals surface area contributed by atoms with Gasteiger partial charge in [-0.2, -0.15) is 0 Å². The number of aliphatic hydroxyl groups excluding tert-OH is 2. The largest absolute Gasteiger partial charge is 0.479 e. The molecule has 6 atom stereocenters. The van der Waals surface area contributed by atoms with E-state index in [0.717, 1.165) is 122 Å². The number of rotatable bonds is 45. The van der Waals surface area contributed by atoms with Crippen molar-refractivity contribution >= 4 is 23.9 Å². The quantitative estimate of drug-likeness (QED) is 0.0228. The molecule has 0 aliphatic carbocycles. The highest BCUT2D eigenvalue weighted by Crippen LogP contribution is 2.26. The second kappa shape index (κ2) is 48.3. The molecule has 1 fully saturated rings. The number of esters is 3. The fraction of sp³-hybridized carbons (Fsp3) is 0.639. The van der Waals surface area contributed by atoms with Crippen LogP contribution in [0.3, 0.4) is 0 Å². The third kappa shape index (κ3) is 38.6. The van der Waals surface area contributed by atoms with Crippen molar-refractivity contribution in [3.63, 3.8) is 0 Å². The van der Waals surface area contributed by atoms with Crippen LogP contribution in [0.2, 0.25) is 0 Å². The zero-order chi connectivity index (χ0) is 53.3. The van der Waals surface area contributed by atoms with E-state index in [1.807, 2.05) is 0 Å². The maximum absolute atomic E-state index is 13.1. The van der Waals surface area contributed by atoms with Crippen molar-refractivity contribution in [2.45, 2.75) is 237 Å². The lowest BCUT2D eigenvalue weighted by Crippen LogP contribution is -2.61. The summed E-state index contributed by atoms with van der Waals surface area (Å²) in [6.45, 7) is 5.65. The van der Waals surface area contributed by atoms with Crippen molar-refractivity contribution in [2.24, 2.45) is 0 Å². The van der Waals surface area contributed by atoms with Crippen molar-refractivity contribution in [1.82, 2.24) is 0 Å². The van der Waals surface area contributed by atoms with Crippen molar-refractivity contribution in [2.75, 3.05) is 13.2 Å². The Morgan fingerprint density at radius 1 is 0.466 bits per heavy atom. The van der Waals surface area contributed by atoms with Gasteiger partial charge in [-0.1, -0.05) is 175 Å². The topological polar surface area (TPSA) is 175 Å². The zero-order valence-corrected chi connectivity index (χ0v) is 45.1. The number of carbonyl (C=O) groups excluding carboxylic acids is 3. The number of allylic oxidation sites excluding steroid dienone is 18. The molecule has 0 spiro atoms. The fourth-order valence-corrected chi connectivity index (χ4v) is 7.56. The van der Waals surface area contributed by atoms with Crippen LogP contribution in [-0.4, -0.2) is 89.2 Å². The minimum absolute atomic E-state index is 0.000506. The van der Waals surface area contributed by atoms with Crippen molar-refractivity contribution in [3.05, 3.63) is 109 Å². The number of aliphatic hydroxyl groups is 2. The van der Waals surface area contributed by atoms with Crippen LogP contribution in [0, 0.1) is 0 Å². The van der Waals surface area contributed by atoms with Crippen molar-refractivity contribution < 1.29 is 58.2 Å². The van der Waals surface area contributed by atoms with Gasteiger partial charge < -0.3 is 39.0 Å². The predicted molar refractivity (Wildman–Crippen MR) is 294 cm³/mol. The lowest BCUT2D eigenvalue weighted by Gasteiger charge is -2.40. The minimum Gasteiger partial charge on any atom is -0.479 e. The van der Waals surface area contributed by atoms with E-state index in [0.29, 0.717) is 25.7 Å². The number of ether oxygens (including phenoxy) is 5. The van der Waals surface area contributed by atoms with Crippen LogP contribution in [0.15, 0.2) is 109 Å². The number of hydrogen-bond donors (Lipinski definition) is 3. The Balaban J connectivity index is 2.75. The first kappa shape index (κ1) is 66.4. The Morgan fingerprint density at radius 3 is 1.36 bits per heavy atom. The summed E-state index contributed by atoms with van der Waals surface area (Å²) in [5, 5.41) is 31.4. The van der Waals surface area contributed by atoms with Gasteiger partial charge in [0.05, 0.1) is 6.61 Å². The van der Waals surface area contributed by atoms with E-state index in [1.165, 1.54) is 12.8 Å². The van der Waals surface area contributed by atoms with Crippen LogP contribution in [0.1, 0.15) is 201 Å². The SMILES string of the molecule is CC/C=C\C/C=C\C/C=C\C/C=C\CCCCCCC(=O)OCC(COC1OC(C(=O)O)C(O)C(O)C1OC(=O)CCCC/C=C\C/C=C\C/C=C\C/C=C\CC)OC(=O)CCCCCCC/C=C\CCCC. The summed E-state index contributed by atoms with van der Waals surface area (Å²) < 4.78 is 28.3. The van der Waals surface area contributed by atoms with E-state index in [9.17, 15) is 34.5 Å². The first-order valence-corrected chi connectivity index (χ1v) is 27.9. The van der Waals surface area contributed by atoms with Crippen LogP contribution >= 0.6 is 0 Å². The summed E-state index contributed by atoms with van der Waals surface area (Å²) in [7, 11) is 0. The molecule has 12 nitrogen and oxygen atoms in total. The third-order valence-electron chi connectivity index (χ3n) is 11.8. The normalized spacial score (nSPS) is 19.2. The molecule has 6 unspecified atom stereocenters. The average Bonchev–Trinajstić information content (AvgIpc) is 3.37. The number of aliphatic carboxylic acids is 1. The van der Waals surface area contributed by atoms with Gasteiger partial charge in [0.1, 0.15) is 18.8 Å². The van der Waals surface area contributed by atoms with Crippen molar-refractivity contribution in [1.29, 1.82) is 0 Å². The molecule has 0 aromatic carbocycles. The maximum atomic E-state index is 13.1. The molecule has 1 aliphatic rings. The Hall–Kier alpha value is -4.62. The van der Waals surface area contributed by atoms with Gasteiger partial charge in [-0.3, -0.25) is 14.4 Å². The molecule has 412 valence electrons. The summed E-state index contributed by atoms with van der Waals surface area (Å²) >= 11 is 0. The lowest BCUT2D eigenvalue weighted by atomic mass is 9.98. The van der Waals surface area contributed by atoms with Gasteiger partial charge in [0, 0.05) is 19.3 Å². The minimum atomic E-state index is -1.93. The number of hydrogen-bond acceptors (Lipinski definition) is 11. The highest BCUT2D eigenvalue weighted by molar-refractivity contribution is 5.74. The molecule has 0 amide bonds. The Kier molecular flexibility index (Phi) is 44.0. The molecule has 1 aliphatic heterocycles. The molecular weight excluding hydrogens is 925 g/mol. The van der Waals surface area contributed by atoms with E-state index in [1.54, 1.807) is 0 Å². The molecule has 0 radical (unpaired) electrons. The van der Waals surface area contributed by atoms with Gasteiger partial charge in [0.25, 0.3) is 0 Å². The lowest BCUT2D eigenvalue weighted by molar-refractivity contribution is -0.301. The molecule has 1 rings (SSSR count). The monoisotopic (exact) mass is 1020 g/mol. The van der Waals surface area contributed by atoms with Crippen LogP contribution in [0.4, 0.5) is 0 Å². The molecule has 0 saturated carbocycles. The third-order valence-corrected chi connectivity index (χ3v) is 11.8. The molecule has 3 N–H and O–H groups in total. The zero-order valence-electron chi connectivity index (χ0n) is 45.1. The summed E-state index contributed by atoms with van der Waals surface area (Å²) in [4.78, 5) is 51.0. The predicted octanol–water partition coefficient (Wildman–Crippen LogP) is 13.9. The second-order valence-corrected chi connectivity index (χ2v) is 18.4. The van der Waals surface area contributed by atoms with Gasteiger partial charge >= 0.3 is 23.9 Å². The number of carboxylic acids is 1.